The number of aromatic nitrogens is 3. The molecule has 73 heavy (non-hydrogen) atoms. The Balaban J connectivity index is 0.00000729. The molecule has 0 saturated carbocycles. The van der Waals surface area contributed by atoms with E-state index in [1.165, 1.54) is 16.7 Å². The number of hydrogen-bond donors (Lipinski definition) is 1. The van der Waals surface area contributed by atoms with Crippen molar-refractivity contribution < 1.29 is 27.5 Å². The fourth-order valence-electron chi connectivity index (χ4n) is 10.0. The topological polar surface area (TPSA) is 50.9 Å². The Hall–Kier alpha value is -6.35. The zero-order valence-corrected chi connectivity index (χ0v) is 47.5. The minimum Gasteiger partial charge on any atom is -0.507 e. The van der Waals surface area contributed by atoms with E-state index in [0.717, 1.165) is 83.6 Å². The number of hydrogen-bond acceptors (Lipinski definition) is 3. The Kier molecular flexibility index (Phi) is 14.5. The maximum Gasteiger partial charge on any atom is 0.148 e. The predicted octanol–water partition coefficient (Wildman–Crippen LogP) is 18.5. The quantitative estimate of drug-likeness (QED) is 0.139. The fraction of sp³-hybridized carbons (Fsp3) is 0.294. The van der Waals surface area contributed by atoms with Gasteiger partial charge < -0.3 is 5.11 Å². The molecule has 1 N–H and O–H groups in total. The minimum atomic E-state index is -1.07. The molecule has 0 fully saturated rings. The number of rotatable bonds is 10. The molecule has 1 unspecified atom stereocenters. The molecule has 376 valence electrons. The summed E-state index contributed by atoms with van der Waals surface area (Å²) in [5.74, 6) is 0.243. The molecule has 0 aliphatic heterocycles. The van der Waals surface area contributed by atoms with E-state index in [9.17, 15) is 6.48 Å². The Morgan fingerprint density at radius 2 is 1.08 bits per heavy atom. The normalized spacial score (nSPS) is 13.3. The number of nitrogens with zero attached hydrogens (tertiary/aromatic N) is 3. The molecule has 0 amide bonds. The molecule has 9 aromatic rings. The van der Waals surface area contributed by atoms with Crippen LogP contribution >= 0.6 is 0 Å². The molecule has 7 aromatic carbocycles. The van der Waals surface area contributed by atoms with Crippen molar-refractivity contribution in [3.63, 3.8) is 0 Å². The zero-order valence-electron chi connectivity index (χ0n) is 46.3. The van der Waals surface area contributed by atoms with Crippen LogP contribution in [0.4, 0.5) is 0 Å². The van der Waals surface area contributed by atoms with Gasteiger partial charge in [-0.05, 0) is 90.3 Å². The molecule has 0 aliphatic rings. The molecule has 0 aliphatic carbocycles. The van der Waals surface area contributed by atoms with Crippen molar-refractivity contribution in [2.45, 2.75) is 131 Å². The summed E-state index contributed by atoms with van der Waals surface area (Å²) in [7, 11) is 0. The number of aromatic hydroxyl groups is 1. The van der Waals surface area contributed by atoms with Crippen LogP contribution in [0.25, 0.3) is 72.7 Å². The summed E-state index contributed by atoms with van der Waals surface area (Å²) >= 11 is 0. The van der Waals surface area contributed by atoms with Crippen molar-refractivity contribution in [2.24, 2.45) is 0 Å². The third kappa shape index (κ3) is 10.6. The predicted molar refractivity (Wildman–Crippen MR) is 305 cm³/mol. The number of phenolic OH excluding ortho intramolecular Hbond substituents is 1. The summed E-state index contributed by atoms with van der Waals surface area (Å²) in [5, 5.41) is 12.7. The molecular formula is C68H72N3OPt-. The molecule has 2 aromatic heterocycles. The van der Waals surface area contributed by atoms with E-state index in [-0.39, 0.29) is 54.9 Å². The van der Waals surface area contributed by atoms with E-state index in [1.807, 2.05) is 67.7 Å². The van der Waals surface area contributed by atoms with Crippen molar-refractivity contribution in [1.82, 2.24) is 14.5 Å². The van der Waals surface area contributed by atoms with Gasteiger partial charge in [-0.2, -0.15) is 0 Å². The monoisotopic (exact) mass is 1140 g/mol. The summed E-state index contributed by atoms with van der Waals surface area (Å²) in [4.78, 5) is 11.0. The van der Waals surface area contributed by atoms with E-state index >= 15 is 0 Å². The van der Waals surface area contributed by atoms with Gasteiger partial charge in [-0.3, -0.25) is 9.55 Å². The third-order valence-electron chi connectivity index (χ3n) is 14.4. The van der Waals surface area contributed by atoms with Crippen molar-refractivity contribution in [1.29, 1.82) is 0 Å². The molecule has 4 nitrogen and oxygen atoms in total. The smallest absolute Gasteiger partial charge is 0.148 e. The van der Waals surface area contributed by atoms with Gasteiger partial charge in [-0.15, -0.1) is 23.8 Å². The van der Waals surface area contributed by atoms with Gasteiger partial charge in [-0.25, -0.2) is 4.98 Å². The average Bonchev–Trinajstić information content (AvgIpc) is 3.74. The van der Waals surface area contributed by atoms with Crippen LogP contribution in [0.3, 0.4) is 0 Å². The van der Waals surface area contributed by atoms with Crippen LogP contribution in [0.1, 0.15) is 155 Å². The van der Waals surface area contributed by atoms with Crippen LogP contribution in [0.15, 0.2) is 158 Å². The van der Waals surface area contributed by atoms with Gasteiger partial charge in [0.25, 0.3) is 0 Å². The van der Waals surface area contributed by atoms with E-state index in [2.05, 4.69) is 198 Å². The number of benzene rings is 7. The van der Waals surface area contributed by atoms with Crippen molar-refractivity contribution in [3.05, 3.63) is 203 Å². The molecule has 0 radical (unpaired) electrons. The first-order valence-electron chi connectivity index (χ1n) is 26.3. The van der Waals surface area contributed by atoms with Gasteiger partial charge in [0.05, 0.1) is 22.3 Å². The van der Waals surface area contributed by atoms with Crippen LogP contribution in [-0.4, -0.2) is 19.6 Å². The van der Waals surface area contributed by atoms with Gasteiger partial charge in [0.15, 0.2) is 0 Å². The van der Waals surface area contributed by atoms with E-state index in [0.29, 0.717) is 11.4 Å². The van der Waals surface area contributed by atoms with Crippen LogP contribution in [0, 0.1) is 6.07 Å². The van der Waals surface area contributed by atoms with Gasteiger partial charge in [0, 0.05) is 45.8 Å². The molecular weight excluding hydrogens is 1070 g/mol. The molecule has 0 saturated heterocycles. The second-order valence-corrected chi connectivity index (χ2v) is 23.5. The number of pyridine rings is 1. The van der Waals surface area contributed by atoms with Crippen LogP contribution < -0.4 is 0 Å². The summed E-state index contributed by atoms with van der Waals surface area (Å²) in [6.07, 6.45) is 1.89. The first-order valence-corrected chi connectivity index (χ1v) is 25.8. The van der Waals surface area contributed by atoms with Gasteiger partial charge in [0.2, 0.25) is 0 Å². The van der Waals surface area contributed by atoms with Crippen molar-refractivity contribution in [3.8, 4) is 67.5 Å². The molecule has 9 rings (SSSR count). The van der Waals surface area contributed by atoms with Gasteiger partial charge >= 0.3 is 0 Å². The number of phenols is 1. The van der Waals surface area contributed by atoms with E-state index in [4.69, 9.17) is 9.97 Å². The Morgan fingerprint density at radius 3 is 1.64 bits per heavy atom. The number of para-hydroxylation sites is 1. The Labute approximate surface area is 451 Å². The van der Waals surface area contributed by atoms with Crippen molar-refractivity contribution in [2.75, 3.05) is 0 Å². The summed E-state index contributed by atoms with van der Waals surface area (Å²) < 4.78 is 12.2. The number of imidazole rings is 1. The summed E-state index contributed by atoms with van der Waals surface area (Å²) in [6, 6.07) is 57.0. The summed E-state index contributed by atoms with van der Waals surface area (Å²) in [5.41, 5.74) is 17.9. The van der Waals surface area contributed by atoms with Crippen LogP contribution in [-0.2, 0) is 37.3 Å². The minimum absolute atomic E-state index is 0. The average molecular weight is 1140 g/mol. The van der Waals surface area contributed by atoms with E-state index < -0.39 is 5.89 Å². The van der Waals surface area contributed by atoms with Crippen LogP contribution in [0.5, 0.6) is 5.75 Å². The molecule has 5 heteroatoms. The second-order valence-electron chi connectivity index (χ2n) is 23.5. The standard InChI is InChI=1S/C68H72N3O.Pt/c1-42(2)54-36-51(66(6,7)8)37-55(43(3)4)63(54)71-61-32-24-31-53(62(61)70-65(71)57-38-52(67(9,10)11)39-59(64(57)72)68(12,13)14)49-33-48(46-27-20-16-21-28-46)34-50(35-49)60-40-56(47-29-22-17-23-30-47)58(41-69-60)44(5)45-25-18-15-19-26-45;/h15-34,36-44,72H,1-14H3;/q-1;/i44D;. The first kappa shape index (κ1) is 51.5. The Bertz CT molecular complexity index is 3450. The third-order valence-corrected chi connectivity index (χ3v) is 14.4. The first-order chi connectivity index (χ1) is 34.4. The number of fused-ring (bicyclic) bond motifs is 1. The SMILES string of the molecule is [2H]C(C)(c1ccccc1)c1cnc(-c2[c-]c(-c3cccc4c3nc(-c3cc(C(C)(C)C)cc(C(C)(C)C)c3O)n4-c3c(C(C)C)cc(C(C)(C)C)cc3C(C)C)cc(-c3ccccc3)c2)cc1-c1ccccc1.[Pt]. The van der Waals surface area contributed by atoms with Gasteiger partial charge in [-0.1, -0.05) is 241 Å². The molecule has 1 atom stereocenters. The largest absolute Gasteiger partial charge is 0.507 e. The summed E-state index contributed by atoms with van der Waals surface area (Å²) in [6.45, 7) is 31.2. The van der Waals surface area contributed by atoms with Gasteiger partial charge in [0.1, 0.15) is 11.6 Å². The Morgan fingerprint density at radius 1 is 0.534 bits per heavy atom. The maximum absolute atomic E-state index is 12.7. The maximum atomic E-state index is 12.7. The zero-order chi connectivity index (χ0) is 52.4. The van der Waals surface area contributed by atoms with Crippen molar-refractivity contribution >= 4 is 11.0 Å². The molecule has 2 heterocycles. The fourth-order valence-corrected chi connectivity index (χ4v) is 10.0. The molecule has 0 bridgehead atoms. The van der Waals surface area contributed by atoms with E-state index in [1.54, 1.807) is 0 Å². The van der Waals surface area contributed by atoms with Crippen LogP contribution in [0.2, 0.25) is 0 Å². The molecule has 0 spiro atoms. The second kappa shape index (κ2) is 20.5.